The Balaban J connectivity index is 1.70. The summed E-state index contributed by atoms with van der Waals surface area (Å²) in [6, 6.07) is 13.6. The van der Waals surface area contributed by atoms with Crippen molar-refractivity contribution in [1.82, 2.24) is 19.6 Å². The Morgan fingerprint density at radius 1 is 1.14 bits per heavy atom. The third-order valence-electron chi connectivity index (χ3n) is 4.64. The molecule has 22 heavy (non-hydrogen) atoms. The maximum Gasteiger partial charge on any atom is 0.0492 e. The monoisotopic (exact) mass is 298 g/mol. The summed E-state index contributed by atoms with van der Waals surface area (Å²) in [6.07, 6.45) is 2.98. The van der Waals surface area contributed by atoms with Crippen LogP contribution in [0.4, 0.5) is 0 Å². The van der Waals surface area contributed by atoms with Crippen molar-refractivity contribution in [3.05, 3.63) is 53.9 Å². The van der Waals surface area contributed by atoms with Gasteiger partial charge in [0.15, 0.2) is 0 Å². The smallest absolute Gasteiger partial charge is 0.0492 e. The standard InChI is InChI=1S/C18H26N4/c1-3-22-17(9-11-19-22)10-12-21-14-13-20(2)15-18(21)16-7-5-4-6-8-16/h4-9,11,18H,3,10,12-15H2,1-2H3/t18-/m0/s1. The molecule has 1 saturated heterocycles. The Labute approximate surface area is 133 Å². The van der Waals surface area contributed by atoms with Gasteiger partial charge in [0.05, 0.1) is 0 Å². The van der Waals surface area contributed by atoms with E-state index in [1.165, 1.54) is 11.3 Å². The van der Waals surface area contributed by atoms with Crippen molar-refractivity contribution >= 4 is 0 Å². The van der Waals surface area contributed by atoms with Crippen molar-refractivity contribution < 1.29 is 0 Å². The zero-order valence-corrected chi connectivity index (χ0v) is 13.7. The Bertz CT molecular complexity index is 578. The van der Waals surface area contributed by atoms with Gasteiger partial charge in [0.25, 0.3) is 0 Å². The molecule has 1 aliphatic heterocycles. The summed E-state index contributed by atoms with van der Waals surface area (Å²) in [5.41, 5.74) is 2.77. The molecule has 4 heteroatoms. The van der Waals surface area contributed by atoms with Gasteiger partial charge in [-0.25, -0.2) is 0 Å². The molecule has 1 aromatic heterocycles. The van der Waals surface area contributed by atoms with Crippen LogP contribution in [0.2, 0.25) is 0 Å². The van der Waals surface area contributed by atoms with Gasteiger partial charge in [0.1, 0.15) is 0 Å². The number of aryl methyl sites for hydroxylation is 1. The van der Waals surface area contributed by atoms with E-state index in [1.54, 1.807) is 0 Å². The van der Waals surface area contributed by atoms with Crippen molar-refractivity contribution in [2.45, 2.75) is 25.9 Å². The van der Waals surface area contributed by atoms with Crippen LogP contribution in [0.15, 0.2) is 42.6 Å². The first-order valence-electron chi connectivity index (χ1n) is 8.26. The van der Waals surface area contributed by atoms with Crippen LogP contribution in [0.1, 0.15) is 24.2 Å². The maximum absolute atomic E-state index is 4.38. The molecule has 0 N–H and O–H groups in total. The number of likely N-dealkylation sites (N-methyl/N-ethyl adjacent to an activating group) is 1. The summed E-state index contributed by atoms with van der Waals surface area (Å²) in [6.45, 7) is 7.59. The average molecular weight is 298 g/mol. The fourth-order valence-corrected chi connectivity index (χ4v) is 3.33. The lowest BCUT2D eigenvalue weighted by molar-refractivity contribution is 0.0905. The van der Waals surface area contributed by atoms with Gasteiger partial charge in [0.2, 0.25) is 0 Å². The normalized spacial score (nSPS) is 20.4. The minimum Gasteiger partial charge on any atom is -0.303 e. The summed E-state index contributed by atoms with van der Waals surface area (Å²) in [5.74, 6) is 0. The van der Waals surface area contributed by atoms with Crippen molar-refractivity contribution in [1.29, 1.82) is 0 Å². The van der Waals surface area contributed by atoms with Crippen LogP contribution in [0.5, 0.6) is 0 Å². The lowest BCUT2D eigenvalue weighted by Crippen LogP contribution is -2.47. The fraction of sp³-hybridized carbons (Fsp3) is 0.500. The Morgan fingerprint density at radius 3 is 2.73 bits per heavy atom. The molecule has 3 rings (SSSR count). The van der Waals surface area contributed by atoms with Gasteiger partial charge >= 0.3 is 0 Å². The predicted octanol–water partition coefficient (Wildman–Crippen LogP) is 2.43. The van der Waals surface area contributed by atoms with Crippen molar-refractivity contribution in [3.8, 4) is 0 Å². The second kappa shape index (κ2) is 7.07. The Kier molecular flexibility index (Phi) is 4.90. The lowest BCUT2D eigenvalue weighted by atomic mass is 10.0. The van der Waals surface area contributed by atoms with E-state index >= 15 is 0 Å². The number of piperazine rings is 1. The first-order chi connectivity index (χ1) is 10.8. The van der Waals surface area contributed by atoms with Gasteiger partial charge in [-0.05, 0) is 25.6 Å². The highest BCUT2D eigenvalue weighted by Crippen LogP contribution is 2.24. The topological polar surface area (TPSA) is 24.3 Å². The van der Waals surface area contributed by atoms with Crippen LogP contribution < -0.4 is 0 Å². The molecule has 0 spiro atoms. The third kappa shape index (κ3) is 3.39. The van der Waals surface area contributed by atoms with Crippen LogP contribution in [-0.4, -0.2) is 52.8 Å². The zero-order chi connectivity index (χ0) is 15.4. The molecule has 0 aliphatic carbocycles. The summed E-state index contributed by atoms with van der Waals surface area (Å²) in [7, 11) is 2.22. The van der Waals surface area contributed by atoms with E-state index in [0.29, 0.717) is 6.04 Å². The molecule has 1 aromatic carbocycles. The third-order valence-corrected chi connectivity index (χ3v) is 4.64. The lowest BCUT2D eigenvalue weighted by Gasteiger charge is -2.40. The Morgan fingerprint density at radius 2 is 1.95 bits per heavy atom. The first kappa shape index (κ1) is 15.3. The van der Waals surface area contributed by atoms with Gasteiger partial charge in [-0.1, -0.05) is 30.3 Å². The number of hydrogen-bond acceptors (Lipinski definition) is 3. The van der Waals surface area contributed by atoms with E-state index in [0.717, 1.165) is 39.1 Å². The number of benzene rings is 1. The predicted molar refractivity (Wildman–Crippen MR) is 89.9 cm³/mol. The molecule has 0 saturated carbocycles. The molecule has 0 amide bonds. The molecule has 1 atom stereocenters. The highest BCUT2D eigenvalue weighted by atomic mass is 15.3. The molecular weight excluding hydrogens is 272 g/mol. The number of rotatable bonds is 5. The first-order valence-corrected chi connectivity index (χ1v) is 8.26. The molecule has 0 radical (unpaired) electrons. The van der Waals surface area contributed by atoms with Gasteiger partial charge in [-0.2, -0.15) is 5.10 Å². The second-order valence-corrected chi connectivity index (χ2v) is 6.11. The molecule has 1 aliphatic rings. The molecule has 0 unspecified atom stereocenters. The van der Waals surface area contributed by atoms with Gasteiger partial charge in [-0.3, -0.25) is 9.58 Å². The highest BCUT2D eigenvalue weighted by molar-refractivity contribution is 5.20. The van der Waals surface area contributed by atoms with Crippen LogP contribution >= 0.6 is 0 Å². The number of hydrogen-bond donors (Lipinski definition) is 0. The maximum atomic E-state index is 4.38. The second-order valence-electron chi connectivity index (χ2n) is 6.11. The molecule has 118 valence electrons. The van der Waals surface area contributed by atoms with Gasteiger partial charge < -0.3 is 4.90 Å². The molecule has 1 fully saturated rings. The van der Waals surface area contributed by atoms with E-state index in [1.807, 2.05) is 6.20 Å². The molecule has 0 bridgehead atoms. The van der Waals surface area contributed by atoms with E-state index in [-0.39, 0.29) is 0 Å². The SMILES string of the molecule is CCn1nccc1CCN1CCN(C)C[C@H]1c1ccccc1. The quantitative estimate of drug-likeness (QED) is 0.847. The van der Waals surface area contributed by atoms with E-state index < -0.39 is 0 Å². The Hall–Kier alpha value is -1.65. The zero-order valence-electron chi connectivity index (χ0n) is 13.7. The van der Waals surface area contributed by atoms with Crippen molar-refractivity contribution in [2.75, 3.05) is 33.2 Å². The van der Waals surface area contributed by atoms with Crippen LogP contribution in [0, 0.1) is 0 Å². The van der Waals surface area contributed by atoms with E-state index in [2.05, 4.69) is 69.9 Å². The van der Waals surface area contributed by atoms with Crippen LogP contribution in [0.3, 0.4) is 0 Å². The van der Waals surface area contributed by atoms with Crippen LogP contribution in [-0.2, 0) is 13.0 Å². The number of nitrogens with zero attached hydrogens (tertiary/aromatic N) is 4. The number of aromatic nitrogens is 2. The average Bonchev–Trinajstić information content (AvgIpc) is 3.02. The highest BCUT2D eigenvalue weighted by Gasteiger charge is 2.26. The fourth-order valence-electron chi connectivity index (χ4n) is 3.33. The summed E-state index contributed by atoms with van der Waals surface area (Å²) in [5, 5.41) is 4.38. The minimum absolute atomic E-state index is 0.498. The van der Waals surface area contributed by atoms with Crippen LogP contribution in [0.25, 0.3) is 0 Å². The molecule has 4 nitrogen and oxygen atoms in total. The van der Waals surface area contributed by atoms with E-state index in [9.17, 15) is 0 Å². The largest absolute Gasteiger partial charge is 0.303 e. The molecule has 2 aromatic rings. The van der Waals surface area contributed by atoms with Gasteiger partial charge in [0, 0.05) is 57.1 Å². The van der Waals surface area contributed by atoms with Gasteiger partial charge in [-0.15, -0.1) is 0 Å². The van der Waals surface area contributed by atoms with Crippen molar-refractivity contribution in [3.63, 3.8) is 0 Å². The molecular formula is C18H26N4. The summed E-state index contributed by atoms with van der Waals surface area (Å²) in [4.78, 5) is 5.06. The summed E-state index contributed by atoms with van der Waals surface area (Å²) < 4.78 is 2.10. The minimum atomic E-state index is 0.498. The molecule has 2 heterocycles. The summed E-state index contributed by atoms with van der Waals surface area (Å²) >= 11 is 0. The van der Waals surface area contributed by atoms with E-state index in [4.69, 9.17) is 0 Å². The van der Waals surface area contributed by atoms with Crippen molar-refractivity contribution in [2.24, 2.45) is 0 Å².